The van der Waals surface area contributed by atoms with Crippen molar-refractivity contribution in [2.45, 2.75) is 31.2 Å². The summed E-state index contributed by atoms with van der Waals surface area (Å²) in [6.45, 7) is 0. The third-order valence-corrected chi connectivity index (χ3v) is 4.87. The quantitative estimate of drug-likeness (QED) is 0.903. The molecule has 1 amide bonds. The van der Waals surface area contributed by atoms with Gasteiger partial charge in [0.2, 0.25) is 0 Å². The number of nitrogens with zero attached hydrogens (tertiary/aromatic N) is 2. The maximum atomic E-state index is 12.5. The molecule has 114 valence electrons. The van der Waals surface area contributed by atoms with Gasteiger partial charge in [-0.25, -0.2) is 14.8 Å². The second kappa shape index (κ2) is 5.84. The zero-order chi connectivity index (χ0) is 15.6. The summed E-state index contributed by atoms with van der Waals surface area (Å²) in [4.78, 5) is 31.4. The fraction of sp³-hybridized carbons (Fsp3) is 0.333. The second-order valence-corrected chi connectivity index (χ2v) is 6.21. The maximum absolute atomic E-state index is 12.5. The molecule has 0 radical (unpaired) electrons. The van der Waals surface area contributed by atoms with Gasteiger partial charge >= 0.3 is 5.97 Å². The normalized spacial score (nSPS) is 16.4. The molecule has 1 aliphatic carbocycles. The van der Waals surface area contributed by atoms with E-state index in [0.717, 1.165) is 30.7 Å². The van der Waals surface area contributed by atoms with Crippen LogP contribution < -0.4 is 5.32 Å². The van der Waals surface area contributed by atoms with Crippen LogP contribution in [0.25, 0.3) is 0 Å². The van der Waals surface area contributed by atoms with E-state index < -0.39 is 11.5 Å². The van der Waals surface area contributed by atoms with Crippen LogP contribution in [-0.2, 0) is 5.54 Å². The minimum Gasteiger partial charge on any atom is -0.477 e. The molecule has 6 nitrogen and oxygen atoms in total. The number of carboxylic acid groups (broad SMARTS) is 1. The van der Waals surface area contributed by atoms with Gasteiger partial charge in [0.25, 0.3) is 5.91 Å². The number of carbonyl (C=O) groups excluding carboxylic acids is 1. The molecular weight excluding hydrogens is 302 g/mol. The Morgan fingerprint density at radius 2 is 2.00 bits per heavy atom. The van der Waals surface area contributed by atoms with Gasteiger partial charge in [-0.05, 0) is 25.0 Å². The molecule has 1 saturated carbocycles. The van der Waals surface area contributed by atoms with Gasteiger partial charge in [0.1, 0.15) is 10.7 Å². The van der Waals surface area contributed by atoms with Crippen LogP contribution in [0.5, 0.6) is 0 Å². The van der Waals surface area contributed by atoms with E-state index in [9.17, 15) is 9.59 Å². The molecule has 1 fully saturated rings. The van der Waals surface area contributed by atoms with E-state index in [1.54, 1.807) is 17.5 Å². The first-order valence-corrected chi connectivity index (χ1v) is 7.90. The lowest BCUT2D eigenvalue weighted by Gasteiger charge is -2.28. The van der Waals surface area contributed by atoms with Gasteiger partial charge in [-0.2, -0.15) is 0 Å². The smallest absolute Gasteiger partial charge is 0.354 e. The highest BCUT2D eigenvalue weighted by atomic mass is 32.1. The maximum Gasteiger partial charge on any atom is 0.354 e. The number of nitrogens with one attached hydrogen (secondary N) is 1. The predicted octanol–water partition coefficient (Wildman–Crippen LogP) is 2.44. The number of aromatic carboxylic acids is 1. The minimum atomic E-state index is -1.11. The lowest BCUT2D eigenvalue weighted by molar-refractivity contribution is 0.0689. The van der Waals surface area contributed by atoms with Crippen LogP contribution in [0.2, 0.25) is 0 Å². The Morgan fingerprint density at radius 1 is 1.23 bits per heavy atom. The van der Waals surface area contributed by atoms with Gasteiger partial charge in [0.05, 0.1) is 11.1 Å². The highest BCUT2D eigenvalue weighted by molar-refractivity contribution is 7.09. The summed E-state index contributed by atoms with van der Waals surface area (Å²) in [5, 5.41) is 14.8. The van der Waals surface area contributed by atoms with Gasteiger partial charge in [-0.3, -0.25) is 4.79 Å². The van der Waals surface area contributed by atoms with Crippen LogP contribution in [0.4, 0.5) is 0 Å². The Bertz CT molecular complexity index is 677. The lowest BCUT2D eigenvalue weighted by Crippen LogP contribution is -2.43. The molecule has 2 N–H and O–H groups in total. The summed E-state index contributed by atoms with van der Waals surface area (Å²) < 4.78 is 0. The van der Waals surface area contributed by atoms with Gasteiger partial charge in [-0.1, -0.05) is 12.8 Å². The van der Waals surface area contributed by atoms with E-state index in [4.69, 9.17) is 5.11 Å². The van der Waals surface area contributed by atoms with Gasteiger partial charge in [0.15, 0.2) is 0 Å². The molecule has 0 aromatic carbocycles. The number of thiazole rings is 1. The minimum absolute atomic E-state index is 0.0768. The Labute approximate surface area is 131 Å². The van der Waals surface area contributed by atoms with Crippen molar-refractivity contribution < 1.29 is 14.7 Å². The molecule has 0 saturated heterocycles. The van der Waals surface area contributed by atoms with Crippen LogP contribution in [0.1, 0.15) is 51.5 Å². The molecule has 0 bridgehead atoms. The highest BCUT2D eigenvalue weighted by Gasteiger charge is 2.39. The van der Waals surface area contributed by atoms with Crippen molar-refractivity contribution in [3.63, 3.8) is 0 Å². The number of carboxylic acids is 1. The largest absolute Gasteiger partial charge is 0.477 e. The summed E-state index contributed by atoms with van der Waals surface area (Å²) in [6, 6.07) is 2.82. The third kappa shape index (κ3) is 2.71. The molecular formula is C15H15N3O3S. The molecule has 1 aliphatic rings. The summed E-state index contributed by atoms with van der Waals surface area (Å²) in [7, 11) is 0. The molecule has 22 heavy (non-hydrogen) atoms. The van der Waals surface area contributed by atoms with E-state index in [1.165, 1.54) is 18.3 Å². The van der Waals surface area contributed by atoms with Crippen LogP contribution in [0.3, 0.4) is 0 Å². The first kappa shape index (κ1) is 14.6. The zero-order valence-electron chi connectivity index (χ0n) is 11.8. The van der Waals surface area contributed by atoms with Crippen molar-refractivity contribution in [1.82, 2.24) is 15.3 Å². The first-order valence-electron chi connectivity index (χ1n) is 7.03. The van der Waals surface area contributed by atoms with Gasteiger partial charge in [-0.15, -0.1) is 11.3 Å². The van der Waals surface area contributed by atoms with Crippen molar-refractivity contribution in [3.8, 4) is 0 Å². The number of carbonyl (C=O) groups is 2. The second-order valence-electron chi connectivity index (χ2n) is 5.32. The number of amides is 1. The van der Waals surface area contributed by atoms with Crippen molar-refractivity contribution >= 4 is 23.2 Å². The molecule has 0 aliphatic heterocycles. The van der Waals surface area contributed by atoms with E-state index in [0.29, 0.717) is 5.56 Å². The van der Waals surface area contributed by atoms with Crippen LogP contribution in [0.15, 0.2) is 29.9 Å². The Hall–Kier alpha value is -2.28. The van der Waals surface area contributed by atoms with Crippen molar-refractivity contribution in [1.29, 1.82) is 0 Å². The number of rotatable bonds is 4. The Kier molecular flexibility index (Phi) is 3.89. The summed E-state index contributed by atoms with van der Waals surface area (Å²) in [5.41, 5.74) is -0.128. The fourth-order valence-corrected chi connectivity index (χ4v) is 3.63. The average molecular weight is 317 g/mol. The number of pyridine rings is 1. The van der Waals surface area contributed by atoms with Crippen LogP contribution >= 0.6 is 11.3 Å². The van der Waals surface area contributed by atoms with E-state index in [-0.39, 0.29) is 11.6 Å². The average Bonchev–Trinajstić information content (AvgIpc) is 3.19. The van der Waals surface area contributed by atoms with E-state index >= 15 is 0 Å². The standard InChI is InChI=1S/C15H15N3O3S/c19-12(10-3-4-11(13(20)21)17-9-10)18-15(5-1-2-6-15)14-16-7-8-22-14/h3-4,7-9H,1-2,5-6H2,(H,18,19)(H,20,21). The Morgan fingerprint density at radius 3 is 2.55 bits per heavy atom. The Balaban J connectivity index is 1.81. The number of hydrogen-bond donors (Lipinski definition) is 2. The predicted molar refractivity (Wildman–Crippen MR) is 80.9 cm³/mol. The molecule has 7 heteroatoms. The molecule has 2 aromatic heterocycles. The highest BCUT2D eigenvalue weighted by Crippen LogP contribution is 2.39. The lowest BCUT2D eigenvalue weighted by atomic mass is 9.98. The van der Waals surface area contributed by atoms with Crippen molar-refractivity contribution in [2.24, 2.45) is 0 Å². The van der Waals surface area contributed by atoms with Gasteiger partial charge in [0, 0.05) is 17.8 Å². The van der Waals surface area contributed by atoms with Crippen LogP contribution in [0, 0.1) is 0 Å². The fourth-order valence-electron chi connectivity index (χ4n) is 2.77. The zero-order valence-corrected chi connectivity index (χ0v) is 12.6. The molecule has 0 spiro atoms. The molecule has 0 unspecified atom stereocenters. The first-order chi connectivity index (χ1) is 10.6. The van der Waals surface area contributed by atoms with E-state index in [1.807, 2.05) is 5.38 Å². The summed E-state index contributed by atoms with van der Waals surface area (Å²) in [6.07, 6.45) is 6.88. The van der Waals surface area contributed by atoms with Crippen molar-refractivity contribution in [2.75, 3.05) is 0 Å². The number of aromatic nitrogens is 2. The molecule has 2 aromatic rings. The topological polar surface area (TPSA) is 92.2 Å². The monoisotopic (exact) mass is 317 g/mol. The van der Waals surface area contributed by atoms with Crippen molar-refractivity contribution in [3.05, 3.63) is 46.2 Å². The number of hydrogen-bond acceptors (Lipinski definition) is 5. The molecule has 3 rings (SSSR count). The third-order valence-electron chi connectivity index (χ3n) is 3.90. The van der Waals surface area contributed by atoms with Crippen LogP contribution in [-0.4, -0.2) is 27.0 Å². The summed E-state index contributed by atoms with van der Waals surface area (Å²) in [5.74, 6) is -1.36. The summed E-state index contributed by atoms with van der Waals surface area (Å²) >= 11 is 1.54. The SMILES string of the molecule is O=C(NC1(c2nccs2)CCCC1)c1ccc(C(=O)O)nc1. The van der Waals surface area contributed by atoms with E-state index in [2.05, 4.69) is 15.3 Å². The molecule has 2 heterocycles. The van der Waals surface area contributed by atoms with Gasteiger partial charge < -0.3 is 10.4 Å². The molecule has 0 atom stereocenters.